The average molecular weight is 253 g/mol. The minimum Gasteiger partial charge on any atom is -0.377 e. The number of nitrogens with zero attached hydrogens (tertiary/aromatic N) is 2. The number of hydrogen-bond acceptors (Lipinski definition) is 5. The fourth-order valence-electron chi connectivity index (χ4n) is 1.87. The lowest BCUT2D eigenvalue weighted by Crippen LogP contribution is -2.09. The van der Waals surface area contributed by atoms with E-state index < -0.39 is 0 Å². The summed E-state index contributed by atoms with van der Waals surface area (Å²) in [4.78, 5) is 8.58. The Morgan fingerprint density at radius 2 is 2.41 bits per heavy atom. The second kappa shape index (κ2) is 6.21. The summed E-state index contributed by atoms with van der Waals surface area (Å²) in [7, 11) is 0. The lowest BCUT2D eigenvalue weighted by atomic mass is 10.3. The largest absolute Gasteiger partial charge is 0.377 e. The van der Waals surface area contributed by atoms with E-state index in [1.165, 1.54) is 12.8 Å². The van der Waals surface area contributed by atoms with Crippen LogP contribution in [0.15, 0.2) is 11.4 Å². The van der Waals surface area contributed by atoms with Crippen LogP contribution in [0, 0.1) is 6.92 Å². The Kier molecular flexibility index (Phi) is 4.62. The highest BCUT2D eigenvalue weighted by atomic mass is 32.2. The zero-order valence-electron chi connectivity index (χ0n) is 10.4. The van der Waals surface area contributed by atoms with E-state index in [2.05, 4.69) is 29.1 Å². The van der Waals surface area contributed by atoms with E-state index in [-0.39, 0.29) is 0 Å². The smallest absolute Gasteiger partial charge is 0.133 e. The highest BCUT2D eigenvalue weighted by Gasteiger charge is 2.17. The van der Waals surface area contributed by atoms with Gasteiger partial charge in [0.1, 0.15) is 17.2 Å². The summed E-state index contributed by atoms with van der Waals surface area (Å²) in [6, 6.07) is 0. The van der Waals surface area contributed by atoms with Crippen molar-refractivity contribution < 1.29 is 4.74 Å². The molecule has 1 aromatic heterocycles. The van der Waals surface area contributed by atoms with Gasteiger partial charge in [0, 0.05) is 24.5 Å². The van der Waals surface area contributed by atoms with Crippen LogP contribution in [0.25, 0.3) is 0 Å². The molecule has 1 N–H and O–H groups in total. The molecule has 0 saturated carbocycles. The first kappa shape index (κ1) is 12.6. The fraction of sp³-hybridized carbons (Fsp3) is 0.667. The van der Waals surface area contributed by atoms with Crippen LogP contribution in [-0.2, 0) is 4.74 Å². The molecule has 0 radical (unpaired) electrons. The van der Waals surface area contributed by atoms with E-state index >= 15 is 0 Å². The third-order valence-corrected chi connectivity index (χ3v) is 4.04. The third-order valence-electron chi connectivity index (χ3n) is 2.81. The molecule has 0 aliphatic carbocycles. The van der Waals surface area contributed by atoms with Crippen molar-refractivity contribution in [2.24, 2.45) is 0 Å². The van der Waals surface area contributed by atoms with Crippen LogP contribution in [0.5, 0.6) is 0 Å². The average Bonchev–Trinajstić information content (AvgIpc) is 2.83. The molecule has 4 nitrogen and oxygen atoms in total. The molecule has 0 spiro atoms. The topological polar surface area (TPSA) is 47.0 Å². The van der Waals surface area contributed by atoms with Crippen molar-refractivity contribution in [3.05, 3.63) is 11.9 Å². The number of anilines is 1. The monoisotopic (exact) mass is 253 g/mol. The Morgan fingerprint density at radius 1 is 1.53 bits per heavy atom. The molecule has 94 valence electrons. The zero-order valence-corrected chi connectivity index (χ0v) is 11.2. The van der Waals surface area contributed by atoms with Crippen LogP contribution in [0.4, 0.5) is 5.82 Å². The highest BCUT2D eigenvalue weighted by Crippen LogP contribution is 2.26. The predicted octanol–water partition coefficient (Wildman–Crippen LogP) is 2.49. The van der Waals surface area contributed by atoms with Crippen molar-refractivity contribution in [2.45, 2.75) is 37.8 Å². The van der Waals surface area contributed by atoms with Crippen LogP contribution in [-0.4, -0.2) is 35.0 Å². The van der Waals surface area contributed by atoms with Gasteiger partial charge in [-0.2, -0.15) is 0 Å². The maximum Gasteiger partial charge on any atom is 0.133 e. The lowest BCUT2D eigenvalue weighted by molar-refractivity contribution is 0.129. The SMILES string of the molecule is CCNc1ncnc(SCC2CCCO2)c1C. The molecule has 2 rings (SSSR count). The first-order chi connectivity index (χ1) is 8.31. The normalized spacial score (nSPS) is 19.5. The molecule has 0 amide bonds. The predicted molar refractivity (Wildman–Crippen MR) is 70.6 cm³/mol. The summed E-state index contributed by atoms with van der Waals surface area (Å²) in [6.45, 7) is 5.93. The standard InChI is InChI=1S/C12H19N3OS/c1-3-13-11-9(2)12(15-8-14-11)17-7-10-5-4-6-16-10/h8,10H,3-7H2,1-2H3,(H,13,14,15). The maximum atomic E-state index is 5.61. The Morgan fingerprint density at radius 3 is 3.12 bits per heavy atom. The van der Waals surface area contributed by atoms with Gasteiger partial charge in [-0.05, 0) is 26.7 Å². The Labute approximate surface area is 107 Å². The van der Waals surface area contributed by atoms with Crippen LogP contribution in [0.2, 0.25) is 0 Å². The molecule has 1 unspecified atom stereocenters. The molecule has 1 aliphatic heterocycles. The van der Waals surface area contributed by atoms with Gasteiger partial charge in [-0.15, -0.1) is 11.8 Å². The molecular formula is C12H19N3OS. The van der Waals surface area contributed by atoms with Crippen LogP contribution < -0.4 is 5.32 Å². The van der Waals surface area contributed by atoms with E-state index in [4.69, 9.17) is 4.74 Å². The molecule has 1 fully saturated rings. The highest BCUT2D eigenvalue weighted by molar-refractivity contribution is 7.99. The van der Waals surface area contributed by atoms with Crippen molar-refractivity contribution in [3.8, 4) is 0 Å². The van der Waals surface area contributed by atoms with E-state index in [0.717, 1.165) is 35.3 Å². The van der Waals surface area contributed by atoms with Crippen LogP contribution in [0.1, 0.15) is 25.3 Å². The first-order valence-electron chi connectivity index (χ1n) is 6.11. The maximum absolute atomic E-state index is 5.61. The third kappa shape index (κ3) is 3.33. The van der Waals surface area contributed by atoms with Gasteiger partial charge in [-0.3, -0.25) is 0 Å². The molecular weight excluding hydrogens is 234 g/mol. The van der Waals surface area contributed by atoms with E-state index in [0.29, 0.717) is 6.10 Å². The van der Waals surface area contributed by atoms with E-state index in [1.54, 1.807) is 18.1 Å². The van der Waals surface area contributed by atoms with Gasteiger partial charge in [0.15, 0.2) is 0 Å². The van der Waals surface area contributed by atoms with E-state index in [1.807, 2.05) is 0 Å². The number of thioether (sulfide) groups is 1. The Hall–Kier alpha value is -0.810. The van der Waals surface area contributed by atoms with Gasteiger partial charge in [-0.1, -0.05) is 0 Å². The molecule has 17 heavy (non-hydrogen) atoms. The second-order valence-corrected chi connectivity index (χ2v) is 5.14. The molecule has 0 bridgehead atoms. The number of hydrogen-bond donors (Lipinski definition) is 1. The molecule has 1 aliphatic rings. The Balaban J connectivity index is 1.97. The molecule has 5 heteroatoms. The minimum atomic E-state index is 0.400. The first-order valence-corrected chi connectivity index (χ1v) is 7.09. The summed E-state index contributed by atoms with van der Waals surface area (Å²) < 4.78 is 5.61. The van der Waals surface area contributed by atoms with Gasteiger partial charge in [0.2, 0.25) is 0 Å². The quantitative estimate of drug-likeness (QED) is 0.645. The molecule has 1 aromatic rings. The van der Waals surface area contributed by atoms with Crippen molar-refractivity contribution in [3.63, 3.8) is 0 Å². The van der Waals surface area contributed by atoms with Gasteiger partial charge < -0.3 is 10.1 Å². The van der Waals surface area contributed by atoms with Crippen LogP contribution >= 0.6 is 11.8 Å². The molecule has 1 saturated heterocycles. The number of rotatable bonds is 5. The van der Waals surface area contributed by atoms with Crippen molar-refractivity contribution in [1.82, 2.24) is 9.97 Å². The van der Waals surface area contributed by atoms with Crippen LogP contribution in [0.3, 0.4) is 0 Å². The van der Waals surface area contributed by atoms with Crippen molar-refractivity contribution in [2.75, 3.05) is 24.2 Å². The summed E-state index contributed by atoms with van der Waals surface area (Å²) in [5.41, 5.74) is 1.14. The second-order valence-electron chi connectivity index (χ2n) is 4.13. The van der Waals surface area contributed by atoms with Gasteiger partial charge in [0.05, 0.1) is 6.10 Å². The summed E-state index contributed by atoms with van der Waals surface area (Å²) in [5.74, 6) is 1.93. The summed E-state index contributed by atoms with van der Waals surface area (Å²) >= 11 is 1.77. The van der Waals surface area contributed by atoms with Gasteiger partial charge in [-0.25, -0.2) is 9.97 Å². The Bertz CT molecular complexity index is 367. The van der Waals surface area contributed by atoms with Gasteiger partial charge >= 0.3 is 0 Å². The van der Waals surface area contributed by atoms with Crippen molar-refractivity contribution in [1.29, 1.82) is 0 Å². The summed E-state index contributed by atoms with van der Waals surface area (Å²) in [5, 5.41) is 4.31. The summed E-state index contributed by atoms with van der Waals surface area (Å²) in [6.07, 6.45) is 4.40. The molecule has 0 aromatic carbocycles. The lowest BCUT2D eigenvalue weighted by Gasteiger charge is -2.12. The van der Waals surface area contributed by atoms with Crippen molar-refractivity contribution >= 4 is 17.6 Å². The number of aromatic nitrogens is 2. The molecule has 1 atom stereocenters. The number of ether oxygens (including phenoxy) is 1. The fourth-order valence-corrected chi connectivity index (χ4v) is 2.91. The van der Waals surface area contributed by atoms with Gasteiger partial charge in [0.25, 0.3) is 0 Å². The molecule has 2 heterocycles. The zero-order chi connectivity index (χ0) is 12.1. The minimum absolute atomic E-state index is 0.400. The number of nitrogens with one attached hydrogen (secondary N) is 1. The van der Waals surface area contributed by atoms with E-state index in [9.17, 15) is 0 Å².